The van der Waals surface area contributed by atoms with Gasteiger partial charge in [0.15, 0.2) is 0 Å². The molecule has 0 atom stereocenters. The van der Waals surface area contributed by atoms with Crippen LogP contribution >= 0.6 is 0 Å². The lowest BCUT2D eigenvalue weighted by molar-refractivity contribution is 0.129. The molecule has 1 aliphatic carbocycles. The van der Waals surface area contributed by atoms with Crippen LogP contribution in [0.4, 0.5) is 0 Å². The second-order valence-corrected chi connectivity index (χ2v) is 4.25. The lowest BCUT2D eigenvalue weighted by Crippen LogP contribution is -2.33. The molecule has 0 aromatic heterocycles. The van der Waals surface area contributed by atoms with Gasteiger partial charge < -0.3 is 10.1 Å². The fourth-order valence-electron chi connectivity index (χ4n) is 1.99. The van der Waals surface area contributed by atoms with Gasteiger partial charge in [-0.15, -0.1) is 0 Å². The van der Waals surface area contributed by atoms with Gasteiger partial charge >= 0.3 is 0 Å². The number of hydrogen-bond donors (Lipinski definition) is 1. The van der Waals surface area contributed by atoms with Crippen molar-refractivity contribution in [1.82, 2.24) is 5.32 Å². The summed E-state index contributed by atoms with van der Waals surface area (Å²) in [5.41, 5.74) is 0. The van der Waals surface area contributed by atoms with Gasteiger partial charge in [0.05, 0.1) is 6.61 Å². The number of ether oxygens (including phenoxy) is 1. The highest BCUT2D eigenvalue weighted by atomic mass is 16.5. The summed E-state index contributed by atoms with van der Waals surface area (Å²) >= 11 is 0. The Morgan fingerprint density at radius 2 is 1.93 bits per heavy atom. The highest BCUT2D eigenvalue weighted by Crippen LogP contribution is 2.16. The molecule has 0 heterocycles. The lowest BCUT2D eigenvalue weighted by atomic mass is 9.96. The van der Waals surface area contributed by atoms with Crippen LogP contribution in [0.25, 0.3) is 0 Å². The summed E-state index contributed by atoms with van der Waals surface area (Å²) in [4.78, 5) is 0. The van der Waals surface area contributed by atoms with Crippen LogP contribution in [-0.2, 0) is 4.74 Å². The van der Waals surface area contributed by atoms with E-state index in [4.69, 9.17) is 4.74 Å². The van der Waals surface area contributed by atoms with Crippen molar-refractivity contribution in [3.8, 4) is 0 Å². The average Bonchev–Trinajstić information content (AvgIpc) is 2.25. The van der Waals surface area contributed by atoms with Crippen LogP contribution < -0.4 is 5.32 Å². The van der Waals surface area contributed by atoms with Gasteiger partial charge in [-0.05, 0) is 19.3 Å². The fraction of sp³-hybridized carbons (Fsp3) is 1.00. The quantitative estimate of drug-likeness (QED) is 0.637. The van der Waals surface area contributed by atoms with Gasteiger partial charge in [-0.3, -0.25) is 0 Å². The largest absolute Gasteiger partial charge is 0.380 e. The van der Waals surface area contributed by atoms with Gasteiger partial charge in [0, 0.05) is 19.2 Å². The SMILES string of the molecule is CCCCOCCNC1CCCCC1. The van der Waals surface area contributed by atoms with E-state index in [1.807, 2.05) is 0 Å². The van der Waals surface area contributed by atoms with Gasteiger partial charge in [0.2, 0.25) is 0 Å². The molecular formula is C12H25NO. The summed E-state index contributed by atoms with van der Waals surface area (Å²) in [5.74, 6) is 0. The first-order valence-electron chi connectivity index (χ1n) is 6.24. The Morgan fingerprint density at radius 1 is 1.14 bits per heavy atom. The molecule has 0 saturated heterocycles. The normalized spacial score (nSPS) is 18.6. The predicted molar refractivity (Wildman–Crippen MR) is 60.6 cm³/mol. The molecule has 14 heavy (non-hydrogen) atoms. The van der Waals surface area contributed by atoms with Crippen molar-refractivity contribution in [1.29, 1.82) is 0 Å². The van der Waals surface area contributed by atoms with Crippen molar-refractivity contribution in [2.75, 3.05) is 19.8 Å². The van der Waals surface area contributed by atoms with E-state index in [0.717, 1.165) is 25.8 Å². The molecule has 0 aliphatic heterocycles. The highest BCUT2D eigenvalue weighted by molar-refractivity contribution is 4.71. The Hall–Kier alpha value is -0.0800. The highest BCUT2D eigenvalue weighted by Gasteiger charge is 2.11. The van der Waals surface area contributed by atoms with Crippen LogP contribution in [0.15, 0.2) is 0 Å². The van der Waals surface area contributed by atoms with Crippen molar-refractivity contribution < 1.29 is 4.74 Å². The van der Waals surface area contributed by atoms with Crippen LogP contribution in [0.5, 0.6) is 0 Å². The summed E-state index contributed by atoms with van der Waals surface area (Å²) < 4.78 is 5.50. The third-order valence-electron chi connectivity index (χ3n) is 2.93. The molecule has 0 aromatic rings. The minimum atomic E-state index is 0.776. The Labute approximate surface area is 88.4 Å². The third kappa shape index (κ3) is 5.61. The molecule has 0 aromatic carbocycles. The minimum Gasteiger partial charge on any atom is -0.380 e. The maximum absolute atomic E-state index is 5.50. The summed E-state index contributed by atoms with van der Waals surface area (Å²) in [7, 11) is 0. The molecule has 1 rings (SSSR count). The molecule has 84 valence electrons. The molecule has 1 N–H and O–H groups in total. The molecular weight excluding hydrogens is 174 g/mol. The van der Waals surface area contributed by atoms with E-state index in [1.54, 1.807) is 0 Å². The molecule has 1 fully saturated rings. The Morgan fingerprint density at radius 3 is 2.64 bits per heavy atom. The first-order valence-corrected chi connectivity index (χ1v) is 6.24. The Bertz CT molecular complexity index is 121. The van der Waals surface area contributed by atoms with Crippen molar-refractivity contribution in [2.45, 2.75) is 57.9 Å². The maximum Gasteiger partial charge on any atom is 0.0590 e. The van der Waals surface area contributed by atoms with E-state index < -0.39 is 0 Å². The van der Waals surface area contributed by atoms with E-state index in [2.05, 4.69) is 12.2 Å². The molecule has 0 amide bonds. The van der Waals surface area contributed by atoms with Crippen LogP contribution in [0.3, 0.4) is 0 Å². The summed E-state index contributed by atoms with van der Waals surface area (Å²) in [6.45, 7) is 5.05. The van der Waals surface area contributed by atoms with Gasteiger partial charge in [-0.2, -0.15) is 0 Å². The average molecular weight is 199 g/mol. The first kappa shape index (κ1) is 12.0. The summed E-state index contributed by atoms with van der Waals surface area (Å²) in [6.07, 6.45) is 9.43. The molecule has 2 nitrogen and oxygen atoms in total. The zero-order valence-corrected chi connectivity index (χ0v) is 9.56. The monoisotopic (exact) mass is 199 g/mol. The smallest absolute Gasteiger partial charge is 0.0590 e. The maximum atomic E-state index is 5.50. The minimum absolute atomic E-state index is 0.776. The number of hydrogen-bond acceptors (Lipinski definition) is 2. The standard InChI is InChI=1S/C12H25NO/c1-2-3-10-14-11-9-13-12-7-5-4-6-8-12/h12-13H,2-11H2,1H3. The summed E-state index contributed by atoms with van der Waals surface area (Å²) in [5, 5.41) is 3.57. The van der Waals surface area contributed by atoms with Crippen LogP contribution in [-0.4, -0.2) is 25.8 Å². The summed E-state index contributed by atoms with van der Waals surface area (Å²) in [6, 6.07) is 0.776. The van der Waals surface area contributed by atoms with Crippen molar-refractivity contribution >= 4 is 0 Å². The second-order valence-electron chi connectivity index (χ2n) is 4.25. The topological polar surface area (TPSA) is 21.3 Å². The van der Waals surface area contributed by atoms with E-state index in [9.17, 15) is 0 Å². The zero-order chi connectivity index (χ0) is 10.1. The van der Waals surface area contributed by atoms with Crippen LogP contribution in [0.2, 0.25) is 0 Å². The van der Waals surface area contributed by atoms with Gasteiger partial charge in [0.25, 0.3) is 0 Å². The number of nitrogens with one attached hydrogen (secondary N) is 1. The molecule has 0 unspecified atom stereocenters. The van der Waals surface area contributed by atoms with E-state index in [1.165, 1.54) is 44.9 Å². The van der Waals surface area contributed by atoms with Crippen molar-refractivity contribution in [3.05, 3.63) is 0 Å². The van der Waals surface area contributed by atoms with Crippen LogP contribution in [0, 0.1) is 0 Å². The van der Waals surface area contributed by atoms with Gasteiger partial charge in [0.1, 0.15) is 0 Å². The van der Waals surface area contributed by atoms with E-state index in [0.29, 0.717) is 0 Å². The van der Waals surface area contributed by atoms with Crippen molar-refractivity contribution in [2.24, 2.45) is 0 Å². The van der Waals surface area contributed by atoms with Crippen LogP contribution in [0.1, 0.15) is 51.9 Å². The second kappa shape index (κ2) is 8.25. The fourth-order valence-corrected chi connectivity index (χ4v) is 1.99. The first-order chi connectivity index (χ1) is 6.93. The molecule has 0 bridgehead atoms. The predicted octanol–water partition coefficient (Wildman–Crippen LogP) is 2.73. The van der Waals surface area contributed by atoms with E-state index in [-0.39, 0.29) is 0 Å². The zero-order valence-electron chi connectivity index (χ0n) is 9.56. The van der Waals surface area contributed by atoms with Crippen molar-refractivity contribution in [3.63, 3.8) is 0 Å². The molecule has 1 aliphatic rings. The number of rotatable bonds is 7. The molecule has 0 radical (unpaired) electrons. The van der Waals surface area contributed by atoms with Gasteiger partial charge in [-0.25, -0.2) is 0 Å². The lowest BCUT2D eigenvalue weighted by Gasteiger charge is -2.22. The Balaban J connectivity index is 1.82. The molecule has 0 spiro atoms. The molecule has 1 saturated carbocycles. The van der Waals surface area contributed by atoms with E-state index >= 15 is 0 Å². The third-order valence-corrected chi connectivity index (χ3v) is 2.93. The van der Waals surface area contributed by atoms with Gasteiger partial charge in [-0.1, -0.05) is 32.6 Å². The molecule has 2 heteroatoms. The number of unbranched alkanes of at least 4 members (excludes halogenated alkanes) is 1. The Kier molecular flexibility index (Phi) is 7.06.